The average molecular weight is 286 g/mol. The van der Waals surface area contributed by atoms with Gasteiger partial charge >= 0.3 is 0 Å². The molecule has 3 nitrogen and oxygen atoms in total. The van der Waals surface area contributed by atoms with Crippen LogP contribution in [-0.2, 0) is 20.0 Å². The molecule has 0 radical (unpaired) electrons. The lowest BCUT2D eigenvalue weighted by Gasteiger charge is -2.25. The SMILES string of the molecule is CCc1nn(C)c(CNCC(C(C)C)C(C)C)c1Cl. The third-order valence-electron chi connectivity index (χ3n) is 3.89. The zero-order valence-electron chi connectivity index (χ0n) is 13.1. The van der Waals surface area contributed by atoms with Crippen molar-refractivity contribution in [3.8, 4) is 0 Å². The summed E-state index contributed by atoms with van der Waals surface area (Å²) in [6.07, 6.45) is 0.882. The maximum atomic E-state index is 6.35. The number of aromatic nitrogens is 2. The van der Waals surface area contributed by atoms with E-state index in [4.69, 9.17) is 11.6 Å². The van der Waals surface area contributed by atoms with Gasteiger partial charge in [-0.05, 0) is 30.7 Å². The number of nitrogens with zero attached hydrogens (tertiary/aromatic N) is 2. The van der Waals surface area contributed by atoms with Crippen molar-refractivity contribution < 1.29 is 0 Å². The first-order valence-corrected chi connectivity index (χ1v) is 7.67. The quantitative estimate of drug-likeness (QED) is 0.829. The predicted octanol–water partition coefficient (Wildman–Crippen LogP) is 3.65. The molecule has 0 aromatic carbocycles. The average Bonchev–Trinajstić information content (AvgIpc) is 2.59. The first kappa shape index (κ1) is 16.5. The van der Waals surface area contributed by atoms with Crippen molar-refractivity contribution in [2.45, 2.75) is 47.6 Å². The van der Waals surface area contributed by atoms with Crippen molar-refractivity contribution in [3.05, 3.63) is 16.4 Å². The van der Waals surface area contributed by atoms with Gasteiger partial charge in [0.2, 0.25) is 0 Å². The zero-order chi connectivity index (χ0) is 14.6. The minimum absolute atomic E-state index is 0.692. The molecule has 0 aliphatic heterocycles. The highest BCUT2D eigenvalue weighted by Crippen LogP contribution is 2.22. The summed E-state index contributed by atoms with van der Waals surface area (Å²) in [6.45, 7) is 13.1. The Morgan fingerprint density at radius 1 is 1.21 bits per heavy atom. The van der Waals surface area contributed by atoms with Gasteiger partial charge in [-0.2, -0.15) is 5.10 Å². The summed E-state index contributed by atoms with van der Waals surface area (Å²) >= 11 is 6.35. The predicted molar refractivity (Wildman–Crippen MR) is 82.5 cm³/mol. The van der Waals surface area contributed by atoms with Crippen molar-refractivity contribution >= 4 is 11.6 Å². The molecule has 0 fully saturated rings. The van der Waals surface area contributed by atoms with Crippen molar-refractivity contribution in [3.63, 3.8) is 0 Å². The van der Waals surface area contributed by atoms with E-state index in [2.05, 4.69) is 45.0 Å². The summed E-state index contributed by atoms with van der Waals surface area (Å²) < 4.78 is 1.90. The molecule has 0 saturated carbocycles. The van der Waals surface area contributed by atoms with Gasteiger partial charge in [0.25, 0.3) is 0 Å². The lowest BCUT2D eigenvalue weighted by molar-refractivity contribution is 0.275. The Hall–Kier alpha value is -0.540. The Bertz CT molecular complexity index is 388. The maximum absolute atomic E-state index is 6.35. The second kappa shape index (κ2) is 7.30. The summed E-state index contributed by atoms with van der Waals surface area (Å²) in [5, 5.41) is 8.80. The molecule has 0 unspecified atom stereocenters. The van der Waals surface area contributed by atoms with Crippen LogP contribution in [0.15, 0.2) is 0 Å². The molecule has 1 aromatic heterocycles. The summed E-state index contributed by atoms with van der Waals surface area (Å²) in [4.78, 5) is 0. The van der Waals surface area contributed by atoms with Crippen molar-refractivity contribution in [2.75, 3.05) is 6.54 Å². The van der Waals surface area contributed by atoms with Crippen LogP contribution < -0.4 is 5.32 Å². The van der Waals surface area contributed by atoms with E-state index < -0.39 is 0 Å². The van der Waals surface area contributed by atoms with Gasteiger partial charge in [-0.3, -0.25) is 4.68 Å². The molecule has 0 aliphatic rings. The molecule has 1 N–H and O–H groups in total. The van der Waals surface area contributed by atoms with E-state index in [-0.39, 0.29) is 0 Å². The van der Waals surface area contributed by atoms with E-state index in [0.717, 1.165) is 35.9 Å². The van der Waals surface area contributed by atoms with E-state index in [1.165, 1.54) is 0 Å². The third kappa shape index (κ3) is 4.22. The van der Waals surface area contributed by atoms with Crippen molar-refractivity contribution in [2.24, 2.45) is 24.8 Å². The number of aryl methyl sites for hydroxylation is 2. The monoisotopic (exact) mass is 285 g/mol. The summed E-state index contributed by atoms with van der Waals surface area (Å²) in [5.74, 6) is 2.08. The molecule has 1 aromatic rings. The highest BCUT2D eigenvalue weighted by molar-refractivity contribution is 6.31. The molecule has 4 heteroatoms. The van der Waals surface area contributed by atoms with E-state index in [9.17, 15) is 0 Å². The first-order valence-electron chi connectivity index (χ1n) is 7.29. The van der Waals surface area contributed by atoms with Crippen LogP contribution in [0.4, 0.5) is 0 Å². The Balaban J connectivity index is 2.60. The van der Waals surface area contributed by atoms with Crippen LogP contribution in [0.3, 0.4) is 0 Å². The van der Waals surface area contributed by atoms with Crippen LogP contribution in [0.1, 0.15) is 46.0 Å². The smallest absolute Gasteiger partial charge is 0.0863 e. The molecule has 0 saturated heterocycles. The van der Waals surface area contributed by atoms with Gasteiger partial charge in [-0.15, -0.1) is 0 Å². The number of hydrogen-bond acceptors (Lipinski definition) is 2. The summed E-state index contributed by atoms with van der Waals surface area (Å²) in [5.41, 5.74) is 2.08. The molecule has 0 aliphatic carbocycles. The van der Waals surface area contributed by atoms with Crippen LogP contribution in [-0.4, -0.2) is 16.3 Å². The summed E-state index contributed by atoms with van der Waals surface area (Å²) in [7, 11) is 1.96. The molecule has 110 valence electrons. The minimum atomic E-state index is 0.692. The molecule has 0 amide bonds. The second-order valence-corrected chi connectivity index (χ2v) is 6.35. The third-order valence-corrected chi connectivity index (χ3v) is 4.32. The highest BCUT2D eigenvalue weighted by atomic mass is 35.5. The Morgan fingerprint density at radius 2 is 1.79 bits per heavy atom. The Morgan fingerprint density at radius 3 is 2.21 bits per heavy atom. The molecule has 0 bridgehead atoms. The van der Waals surface area contributed by atoms with Crippen LogP contribution >= 0.6 is 11.6 Å². The summed E-state index contributed by atoms with van der Waals surface area (Å²) in [6, 6.07) is 0. The fourth-order valence-corrected chi connectivity index (χ4v) is 2.97. The van der Waals surface area contributed by atoms with Gasteiger partial charge in [0.15, 0.2) is 0 Å². The van der Waals surface area contributed by atoms with E-state index in [1.54, 1.807) is 0 Å². The number of rotatable bonds is 7. The highest BCUT2D eigenvalue weighted by Gasteiger charge is 2.18. The topological polar surface area (TPSA) is 29.9 Å². The number of halogens is 1. The van der Waals surface area contributed by atoms with E-state index in [1.807, 2.05) is 11.7 Å². The molecule has 1 heterocycles. The van der Waals surface area contributed by atoms with Gasteiger partial charge in [0, 0.05) is 13.6 Å². The van der Waals surface area contributed by atoms with Crippen LogP contribution in [0.2, 0.25) is 5.02 Å². The molecular formula is C15H28ClN3. The van der Waals surface area contributed by atoms with E-state index >= 15 is 0 Å². The lowest BCUT2D eigenvalue weighted by Crippen LogP contribution is -2.30. The van der Waals surface area contributed by atoms with Gasteiger partial charge in [0.1, 0.15) is 0 Å². The minimum Gasteiger partial charge on any atom is -0.311 e. The van der Waals surface area contributed by atoms with Crippen LogP contribution in [0.25, 0.3) is 0 Å². The number of hydrogen-bond donors (Lipinski definition) is 1. The zero-order valence-corrected chi connectivity index (χ0v) is 13.9. The van der Waals surface area contributed by atoms with Gasteiger partial charge in [0.05, 0.1) is 16.4 Å². The van der Waals surface area contributed by atoms with Gasteiger partial charge in [-0.25, -0.2) is 0 Å². The van der Waals surface area contributed by atoms with Crippen LogP contribution in [0.5, 0.6) is 0 Å². The van der Waals surface area contributed by atoms with E-state index in [0.29, 0.717) is 17.8 Å². The molecular weight excluding hydrogens is 258 g/mol. The standard InChI is InChI=1S/C15H28ClN3/c1-7-13-15(16)14(19(6)18-13)9-17-8-12(10(2)3)11(4)5/h10-12,17H,7-9H2,1-6H3. The lowest BCUT2D eigenvalue weighted by atomic mass is 9.85. The van der Waals surface area contributed by atoms with Crippen molar-refractivity contribution in [1.82, 2.24) is 15.1 Å². The normalized spacial score (nSPS) is 12.1. The fourth-order valence-electron chi connectivity index (χ4n) is 2.61. The first-order chi connectivity index (χ1) is 8.88. The maximum Gasteiger partial charge on any atom is 0.0863 e. The molecule has 1 rings (SSSR count). The second-order valence-electron chi connectivity index (χ2n) is 5.97. The molecule has 19 heavy (non-hydrogen) atoms. The number of nitrogens with one attached hydrogen (secondary N) is 1. The van der Waals surface area contributed by atoms with Gasteiger partial charge in [-0.1, -0.05) is 46.2 Å². The van der Waals surface area contributed by atoms with Crippen LogP contribution in [0, 0.1) is 17.8 Å². The largest absolute Gasteiger partial charge is 0.311 e. The Kier molecular flexibility index (Phi) is 6.34. The molecule has 0 atom stereocenters. The Labute approximate surface area is 122 Å². The molecule has 0 spiro atoms. The van der Waals surface area contributed by atoms with Gasteiger partial charge < -0.3 is 5.32 Å². The van der Waals surface area contributed by atoms with Crippen molar-refractivity contribution in [1.29, 1.82) is 0 Å². The fraction of sp³-hybridized carbons (Fsp3) is 0.800.